The molecular weight excluding hydrogens is 377 g/mol. The average Bonchev–Trinajstić information content (AvgIpc) is 2.55. The number of rotatable bonds is 7. The number of hydrogen-bond donors (Lipinski definition) is 1. The number of amides is 1. The lowest BCUT2D eigenvalue weighted by Crippen LogP contribution is -2.32. The summed E-state index contributed by atoms with van der Waals surface area (Å²) in [6, 6.07) is 14.5. The van der Waals surface area contributed by atoms with Crippen molar-refractivity contribution in [3.63, 3.8) is 0 Å². The first kappa shape index (κ1) is 18.0. The van der Waals surface area contributed by atoms with Gasteiger partial charge in [0.15, 0.2) is 0 Å². The maximum atomic E-state index is 12.8. The standard InChI is InChI=1S/C18H19BrFNOS/c1-13(23-12-15-2-6-16(19)7-3-15)18(22)21-11-10-14-4-8-17(20)9-5-14/h2-9,13H,10-12H2,1H3,(H,21,22)/t13-/m0/s1. The molecule has 0 spiro atoms. The highest BCUT2D eigenvalue weighted by molar-refractivity contribution is 9.10. The van der Waals surface area contributed by atoms with Crippen LogP contribution in [0.4, 0.5) is 4.39 Å². The van der Waals surface area contributed by atoms with Crippen molar-refractivity contribution in [2.45, 2.75) is 24.3 Å². The van der Waals surface area contributed by atoms with Crippen LogP contribution in [0.15, 0.2) is 53.0 Å². The summed E-state index contributed by atoms with van der Waals surface area (Å²) in [5, 5.41) is 2.83. The van der Waals surface area contributed by atoms with Crippen molar-refractivity contribution in [1.29, 1.82) is 0 Å². The van der Waals surface area contributed by atoms with Crippen LogP contribution in [0.5, 0.6) is 0 Å². The number of benzene rings is 2. The quantitative estimate of drug-likeness (QED) is 0.743. The topological polar surface area (TPSA) is 29.1 Å². The van der Waals surface area contributed by atoms with Gasteiger partial charge in [-0.15, -0.1) is 11.8 Å². The fourth-order valence-corrected chi connectivity index (χ4v) is 3.14. The summed E-state index contributed by atoms with van der Waals surface area (Å²) in [5.74, 6) is 0.602. The fourth-order valence-electron chi connectivity index (χ4n) is 2.00. The van der Waals surface area contributed by atoms with E-state index in [2.05, 4.69) is 33.4 Å². The Labute approximate surface area is 149 Å². The van der Waals surface area contributed by atoms with Gasteiger partial charge in [0.25, 0.3) is 0 Å². The van der Waals surface area contributed by atoms with Crippen molar-refractivity contribution >= 4 is 33.6 Å². The van der Waals surface area contributed by atoms with Gasteiger partial charge in [0.2, 0.25) is 5.91 Å². The van der Waals surface area contributed by atoms with E-state index in [1.807, 2.05) is 19.1 Å². The number of thioether (sulfide) groups is 1. The summed E-state index contributed by atoms with van der Waals surface area (Å²) in [7, 11) is 0. The Morgan fingerprint density at radius 3 is 2.39 bits per heavy atom. The molecule has 2 nitrogen and oxygen atoms in total. The zero-order valence-corrected chi connectivity index (χ0v) is 15.3. The van der Waals surface area contributed by atoms with Crippen molar-refractivity contribution in [2.24, 2.45) is 0 Å². The highest BCUT2D eigenvalue weighted by Gasteiger charge is 2.12. The number of nitrogens with one attached hydrogen (secondary N) is 1. The minimum atomic E-state index is -0.240. The summed E-state index contributed by atoms with van der Waals surface area (Å²) in [6.07, 6.45) is 0.704. The third-order valence-electron chi connectivity index (χ3n) is 3.41. The Bertz CT molecular complexity index is 630. The molecule has 0 fully saturated rings. The lowest BCUT2D eigenvalue weighted by Gasteiger charge is -2.12. The normalized spacial score (nSPS) is 12.0. The molecular formula is C18H19BrFNOS. The van der Waals surface area contributed by atoms with Crippen molar-refractivity contribution in [2.75, 3.05) is 6.54 Å². The van der Waals surface area contributed by atoms with Crippen molar-refractivity contribution in [3.05, 3.63) is 69.9 Å². The Kier molecular flexibility index (Phi) is 7.12. The first-order chi connectivity index (χ1) is 11.0. The Hall–Kier alpha value is -1.33. The van der Waals surface area contributed by atoms with E-state index in [0.29, 0.717) is 13.0 Å². The molecule has 0 saturated carbocycles. The van der Waals surface area contributed by atoms with Gasteiger partial charge in [-0.25, -0.2) is 4.39 Å². The van der Waals surface area contributed by atoms with Crippen LogP contribution in [0.2, 0.25) is 0 Å². The monoisotopic (exact) mass is 395 g/mol. The SMILES string of the molecule is C[C@H](SCc1ccc(Br)cc1)C(=O)NCCc1ccc(F)cc1. The number of carbonyl (C=O) groups is 1. The van der Waals surface area contributed by atoms with Gasteiger partial charge in [-0.05, 0) is 48.7 Å². The number of carbonyl (C=O) groups excluding carboxylic acids is 1. The van der Waals surface area contributed by atoms with Crippen molar-refractivity contribution in [1.82, 2.24) is 5.32 Å². The molecule has 2 aromatic carbocycles. The Morgan fingerprint density at radius 1 is 1.13 bits per heavy atom. The van der Waals surface area contributed by atoms with Gasteiger partial charge in [-0.1, -0.05) is 40.2 Å². The minimum Gasteiger partial charge on any atom is -0.355 e. The van der Waals surface area contributed by atoms with E-state index >= 15 is 0 Å². The summed E-state index contributed by atoms with van der Waals surface area (Å²) >= 11 is 5.02. The minimum absolute atomic E-state index is 0.0363. The molecule has 1 atom stereocenters. The lowest BCUT2D eigenvalue weighted by atomic mass is 10.1. The van der Waals surface area contributed by atoms with Gasteiger partial charge in [0.05, 0.1) is 5.25 Å². The van der Waals surface area contributed by atoms with E-state index in [9.17, 15) is 9.18 Å². The molecule has 0 unspecified atom stereocenters. The van der Waals surface area contributed by atoms with Crippen LogP contribution in [0.1, 0.15) is 18.1 Å². The van der Waals surface area contributed by atoms with Crippen LogP contribution < -0.4 is 5.32 Å². The van der Waals surface area contributed by atoms with E-state index < -0.39 is 0 Å². The third-order valence-corrected chi connectivity index (χ3v) is 5.15. The summed E-state index contributed by atoms with van der Waals surface area (Å²) < 4.78 is 13.9. The summed E-state index contributed by atoms with van der Waals surface area (Å²) in [4.78, 5) is 12.1. The zero-order valence-electron chi connectivity index (χ0n) is 12.9. The number of hydrogen-bond acceptors (Lipinski definition) is 2. The molecule has 122 valence electrons. The molecule has 1 N–H and O–H groups in total. The molecule has 0 radical (unpaired) electrons. The van der Waals surface area contributed by atoms with Crippen molar-refractivity contribution < 1.29 is 9.18 Å². The predicted molar refractivity (Wildman–Crippen MR) is 98.0 cm³/mol. The van der Waals surface area contributed by atoms with Crippen LogP contribution in [-0.4, -0.2) is 17.7 Å². The molecule has 1 amide bonds. The molecule has 2 rings (SSSR count). The van der Waals surface area contributed by atoms with Gasteiger partial charge in [-0.2, -0.15) is 0 Å². The maximum Gasteiger partial charge on any atom is 0.232 e. The van der Waals surface area contributed by atoms with E-state index in [1.54, 1.807) is 23.9 Å². The third kappa shape index (κ3) is 6.36. The summed E-state index contributed by atoms with van der Waals surface area (Å²) in [6.45, 7) is 2.48. The smallest absolute Gasteiger partial charge is 0.232 e. The van der Waals surface area contributed by atoms with Crippen LogP contribution >= 0.6 is 27.7 Å². The molecule has 0 aliphatic carbocycles. The predicted octanol–water partition coefficient (Wildman–Crippen LogP) is 4.57. The molecule has 0 aliphatic rings. The molecule has 0 aliphatic heterocycles. The van der Waals surface area contributed by atoms with E-state index in [0.717, 1.165) is 15.8 Å². The fraction of sp³-hybridized carbons (Fsp3) is 0.278. The molecule has 23 heavy (non-hydrogen) atoms. The van der Waals surface area contributed by atoms with E-state index in [-0.39, 0.29) is 17.0 Å². The van der Waals surface area contributed by atoms with Crippen LogP contribution in [0.25, 0.3) is 0 Å². The lowest BCUT2D eigenvalue weighted by molar-refractivity contribution is -0.120. The first-order valence-corrected chi connectivity index (χ1v) is 9.27. The molecule has 0 bridgehead atoms. The maximum absolute atomic E-state index is 12.8. The molecule has 0 saturated heterocycles. The van der Waals surface area contributed by atoms with Gasteiger partial charge in [-0.3, -0.25) is 4.79 Å². The van der Waals surface area contributed by atoms with Crippen molar-refractivity contribution in [3.8, 4) is 0 Å². The van der Waals surface area contributed by atoms with Gasteiger partial charge in [0.1, 0.15) is 5.82 Å². The second-order valence-electron chi connectivity index (χ2n) is 5.25. The zero-order chi connectivity index (χ0) is 16.7. The van der Waals surface area contributed by atoms with E-state index in [4.69, 9.17) is 0 Å². The largest absolute Gasteiger partial charge is 0.355 e. The molecule has 5 heteroatoms. The molecule has 0 heterocycles. The second kappa shape index (κ2) is 9.08. The van der Waals surface area contributed by atoms with Crippen LogP contribution in [0, 0.1) is 5.82 Å². The van der Waals surface area contributed by atoms with Gasteiger partial charge < -0.3 is 5.32 Å². The van der Waals surface area contributed by atoms with Crippen LogP contribution in [-0.2, 0) is 17.0 Å². The Balaban J connectivity index is 1.70. The van der Waals surface area contributed by atoms with Gasteiger partial charge >= 0.3 is 0 Å². The van der Waals surface area contributed by atoms with E-state index in [1.165, 1.54) is 17.7 Å². The first-order valence-electron chi connectivity index (χ1n) is 7.43. The van der Waals surface area contributed by atoms with Crippen LogP contribution in [0.3, 0.4) is 0 Å². The second-order valence-corrected chi connectivity index (χ2v) is 7.49. The highest BCUT2D eigenvalue weighted by Crippen LogP contribution is 2.19. The molecule has 0 aromatic heterocycles. The highest BCUT2D eigenvalue weighted by atomic mass is 79.9. The molecule has 2 aromatic rings. The van der Waals surface area contributed by atoms with Gasteiger partial charge in [0, 0.05) is 16.8 Å². The summed E-state index contributed by atoms with van der Waals surface area (Å²) in [5.41, 5.74) is 2.21. The Morgan fingerprint density at radius 2 is 1.74 bits per heavy atom. The number of halogens is 2. The average molecular weight is 396 g/mol.